The SMILES string of the molecule is CC(O)c1ccc2cccnc2c1-c1ccccc1F. The molecule has 3 rings (SSSR count). The molecule has 0 amide bonds. The molecule has 1 aromatic heterocycles. The molecule has 1 heterocycles. The average molecular weight is 267 g/mol. The van der Waals surface area contributed by atoms with E-state index in [0.717, 1.165) is 5.39 Å². The van der Waals surface area contributed by atoms with E-state index >= 15 is 0 Å². The Labute approximate surface area is 116 Å². The Hall–Kier alpha value is -2.26. The summed E-state index contributed by atoms with van der Waals surface area (Å²) in [5.41, 5.74) is 2.52. The second-order valence-electron chi connectivity index (χ2n) is 4.76. The molecule has 0 radical (unpaired) electrons. The third-order valence-electron chi connectivity index (χ3n) is 3.40. The second kappa shape index (κ2) is 5.02. The van der Waals surface area contributed by atoms with Gasteiger partial charge in [0.05, 0.1) is 11.6 Å². The standard InChI is InChI=1S/C17H14FNO/c1-11(20)13-9-8-12-5-4-10-19-17(12)16(13)14-6-2-3-7-15(14)18/h2-11,20H,1H3. The first kappa shape index (κ1) is 12.8. The Morgan fingerprint density at radius 3 is 2.60 bits per heavy atom. The lowest BCUT2D eigenvalue weighted by molar-refractivity contribution is 0.200. The molecule has 2 nitrogen and oxygen atoms in total. The lowest BCUT2D eigenvalue weighted by Crippen LogP contribution is -1.98. The van der Waals surface area contributed by atoms with Crippen LogP contribution < -0.4 is 0 Å². The zero-order chi connectivity index (χ0) is 14.1. The number of aliphatic hydroxyl groups is 1. The molecular weight excluding hydrogens is 253 g/mol. The van der Waals surface area contributed by atoms with E-state index in [1.54, 1.807) is 31.3 Å². The van der Waals surface area contributed by atoms with Crippen LogP contribution in [0.3, 0.4) is 0 Å². The van der Waals surface area contributed by atoms with Gasteiger partial charge < -0.3 is 5.11 Å². The van der Waals surface area contributed by atoms with Gasteiger partial charge in [-0.3, -0.25) is 4.98 Å². The molecule has 1 N–H and O–H groups in total. The van der Waals surface area contributed by atoms with Crippen molar-refractivity contribution in [2.45, 2.75) is 13.0 Å². The summed E-state index contributed by atoms with van der Waals surface area (Å²) in [6.45, 7) is 1.68. The van der Waals surface area contributed by atoms with Crippen molar-refractivity contribution >= 4 is 10.9 Å². The molecular formula is C17H14FNO. The van der Waals surface area contributed by atoms with Gasteiger partial charge in [0.25, 0.3) is 0 Å². The fourth-order valence-corrected chi connectivity index (χ4v) is 2.46. The topological polar surface area (TPSA) is 33.1 Å². The smallest absolute Gasteiger partial charge is 0.131 e. The minimum atomic E-state index is -0.684. The Balaban J connectivity index is 2.42. The number of rotatable bonds is 2. The van der Waals surface area contributed by atoms with Gasteiger partial charge in [-0.25, -0.2) is 4.39 Å². The molecule has 1 atom stereocenters. The first-order valence-corrected chi connectivity index (χ1v) is 6.49. The number of pyridine rings is 1. The van der Waals surface area contributed by atoms with Crippen LogP contribution in [-0.2, 0) is 0 Å². The maximum absolute atomic E-state index is 14.1. The maximum Gasteiger partial charge on any atom is 0.131 e. The monoisotopic (exact) mass is 267 g/mol. The third kappa shape index (κ3) is 2.06. The predicted molar refractivity (Wildman–Crippen MR) is 77.8 cm³/mol. The molecule has 100 valence electrons. The number of hydrogen-bond donors (Lipinski definition) is 1. The van der Waals surface area contributed by atoms with Gasteiger partial charge in [-0.2, -0.15) is 0 Å². The Kier molecular flexibility index (Phi) is 3.20. The summed E-state index contributed by atoms with van der Waals surface area (Å²) in [5.74, 6) is -0.312. The van der Waals surface area contributed by atoms with Gasteiger partial charge in [-0.1, -0.05) is 36.4 Å². The predicted octanol–water partition coefficient (Wildman–Crippen LogP) is 4.09. The fourth-order valence-electron chi connectivity index (χ4n) is 2.46. The fraction of sp³-hybridized carbons (Fsp3) is 0.118. The highest BCUT2D eigenvalue weighted by Gasteiger charge is 2.16. The second-order valence-corrected chi connectivity index (χ2v) is 4.76. The summed E-state index contributed by atoms with van der Waals surface area (Å²) >= 11 is 0. The maximum atomic E-state index is 14.1. The summed E-state index contributed by atoms with van der Waals surface area (Å²) in [7, 11) is 0. The molecule has 3 aromatic rings. The van der Waals surface area contributed by atoms with Crippen LogP contribution in [0.2, 0.25) is 0 Å². The van der Waals surface area contributed by atoms with Gasteiger partial charge in [-0.15, -0.1) is 0 Å². The van der Waals surface area contributed by atoms with Crippen molar-refractivity contribution in [2.75, 3.05) is 0 Å². The molecule has 0 fully saturated rings. The van der Waals surface area contributed by atoms with Crippen LogP contribution in [0.15, 0.2) is 54.7 Å². The molecule has 1 unspecified atom stereocenters. The molecule has 0 aliphatic heterocycles. The van der Waals surface area contributed by atoms with Crippen LogP contribution in [0.5, 0.6) is 0 Å². The third-order valence-corrected chi connectivity index (χ3v) is 3.40. The number of aliphatic hydroxyl groups excluding tert-OH is 1. The summed E-state index contributed by atoms with van der Waals surface area (Å²) < 4.78 is 14.1. The molecule has 2 aromatic carbocycles. The highest BCUT2D eigenvalue weighted by Crippen LogP contribution is 2.35. The van der Waals surface area contributed by atoms with Crippen LogP contribution in [-0.4, -0.2) is 10.1 Å². The van der Waals surface area contributed by atoms with Gasteiger partial charge in [0.15, 0.2) is 0 Å². The lowest BCUT2D eigenvalue weighted by Gasteiger charge is -2.15. The summed E-state index contributed by atoms with van der Waals surface area (Å²) in [6.07, 6.45) is 0.995. The van der Waals surface area contributed by atoms with Crippen molar-refractivity contribution in [1.29, 1.82) is 0 Å². The quantitative estimate of drug-likeness (QED) is 0.758. The lowest BCUT2D eigenvalue weighted by atomic mass is 9.93. The van der Waals surface area contributed by atoms with E-state index in [1.165, 1.54) is 6.07 Å². The Morgan fingerprint density at radius 1 is 1.05 bits per heavy atom. The number of nitrogens with zero attached hydrogens (tertiary/aromatic N) is 1. The average Bonchev–Trinajstić information content (AvgIpc) is 2.46. The van der Waals surface area contributed by atoms with E-state index in [4.69, 9.17) is 0 Å². The van der Waals surface area contributed by atoms with Crippen LogP contribution >= 0.6 is 0 Å². The molecule has 0 saturated heterocycles. The highest BCUT2D eigenvalue weighted by molar-refractivity contribution is 5.95. The van der Waals surface area contributed by atoms with Gasteiger partial charge in [0.2, 0.25) is 0 Å². The number of benzene rings is 2. The summed E-state index contributed by atoms with van der Waals surface area (Å²) in [5, 5.41) is 10.9. The number of halogens is 1. The zero-order valence-corrected chi connectivity index (χ0v) is 11.0. The van der Waals surface area contributed by atoms with Crippen molar-refractivity contribution < 1.29 is 9.50 Å². The van der Waals surface area contributed by atoms with Crippen molar-refractivity contribution in [3.63, 3.8) is 0 Å². The minimum absolute atomic E-state index is 0.312. The number of aromatic nitrogens is 1. The number of hydrogen-bond acceptors (Lipinski definition) is 2. The Bertz CT molecular complexity index is 768. The van der Waals surface area contributed by atoms with Crippen molar-refractivity contribution in [2.24, 2.45) is 0 Å². The van der Waals surface area contributed by atoms with E-state index < -0.39 is 6.10 Å². The number of fused-ring (bicyclic) bond motifs is 1. The largest absolute Gasteiger partial charge is 0.389 e. The van der Waals surface area contributed by atoms with E-state index in [-0.39, 0.29) is 5.82 Å². The van der Waals surface area contributed by atoms with Gasteiger partial charge in [0.1, 0.15) is 5.82 Å². The van der Waals surface area contributed by atoms with Gasteiger partial charge in [-0.05, 0) is 24.6 Å². The van der Waals surface area contributed by atoms with E-state index in [9.17, 15) is 9.50 Å². The Morgan fingerprint density at radius 2 is 1.85 bits per heavy atom. The van der Waals surface area contributed by atoms with Gasteiger partial charge >= 0.3 is 0 Å². The zero-order valence-electron chi connectivity index (χ0n) is 11.0. The highest BCUT2D eigenvalue weighted by atomic mass is 19.1. The van der Waals surface area contributed by atoms with Crippen LogP contribution in [0, 0.1) is 5.82 Å². The molecule has 0 aliphatic carbocycles. The van der Waals surface area contributed by atoms with E-state index in [0.29, 0.717) is 22.2 Å². The first-order valence-electron chi connectivity index (χ1n) is 6.49. The summed E-state index contributed by atoms with van der Waals surface area (Å²) in [4.78, 5) is 4.36. The molecule has 0 aliphatic rings. The molecule has 0 saturated carbocycles. The summed E-state index contributed by atoms with van der Waals surface area (Å²) in [6, 6.07) is 14.1. The van der Waals surface area contributed by atoms with Crippen molar-refractivity contribution in [3.05, 3.63) is 66.1 Å². The van der Waals surface area contributed by atoms with Crippen LogP contribution in [0.25, 0.3) is 22.0 Å². The van der Waals surface area contributed by atoms with Gasteiger partial charge in [0, 0.05) is 22.7 Å². The van der Waals surface area contributed by atoms with E-state index in [2.05, 4.69) is 4.98 Å². The molecule has 0 bridgehead atoms. The molecule has 20 heavy (non-hydrogen) atoms. The van der Waals surface area contributed by atoms with Crippen LogP contribution in [0.4, 0.5) is 4.39 Å². The molecule has 3 heteroatoms. The normalized spacial score (nSPS) is 12.6. The first-order chi connectivity index (χ1) is 9.68. The van der Waals surface area contributed by atoms with Crippen LogP contribution in [0.1, 0.15) is 18.6 Å². The minimum Gasteiger partial charge on any atom is -0.389 e. The molecule has 0 spiro atoms. The van der Waals surface area contributed by atoms with Crippen molar-refractivity contribution in [3.8, 4) is 11.1 Å². The van der Waals surface area contributed by atoms with E-state index in [1.807, 2.05) is 24.3 Å². The van der Waals surface area contributed by atoms with Crippen molar-refractivity contribution in [1.82, 2.24) is 4.98 Å².